The van der Waals surface area contributed by atoms with Crippen molar-refractivity contribution in [3.8, 4) is 0 Å². The summed E-state index contributed by atoms with van der Waals surface area (Å²) in [5.74, 6) is 0.171. The predicted octanol–water partition coefficient (Wildman–Crippen LogP) is 1.31. The van der Waals surface area contributed by atoms with E-state index in [1.54, 1.807) is 18.2 Å². The molecular weight excluding hydrogens is 216 g/mol. The van der Waals surface area contributed by atoms with Crippen molar-refractivity contribution in [3.63, 3.8) is 0 Å². The number of carbonyl (C=O) groups excluding carboxylic acids is 1. The SMILES string of the molecule is NC(=O)CSCc1ccccc1[N+](=O)[O-]. The number of carbonyl (C=O) groups is 1. The number of amides is 1. The molecule has 0 heterocycles. The standard InChI is InChI=1S/C9H10N2O3S/c10-9(12)6-15-5-7-3-1-2-4-8(7)11(13)14/h1-4H,5-6H2,(H2,10,12). The summed E-state index contributed by atoms with van der Waals surface area (Å²) in [6.45, 7) is 0. The van der Waals surface area contributed by atoms with E-state index in [1.807, 2.05) is 0 Å². The van der Waals surface area contributed by atoms with Gasteiger partial charge in [-0.25, -0.2) is 0 Å². The van der Waals surface area contributed by atoms with E-state index in [0.717, 1.165) is 0 Å². The first kappa shape index (κ1) is 11.5. The zero-order valence-corrected chi connectivity index (χ0v) is 8.70. The highest BCUT2D eigenvalue weighted by atomic mass is 32.2. The fraction of sp³-hybridized carbons (Fsp3) is 0.222. The number of thioether (sulfide) groups is 1. The maximum absolute atomic E-state index is 10.6. The van der Waals surface area contributed by atoms with Crippen LogP contribution in [0.5, 0.6) is 0 Å². The minimum absolute atomic E-state index is 0.0782. The summed E-state index contributed by atoms with van der Waals surface area (Å²) in [6.07, 6.45) is 0. The van der Waals surface area contributed by atoms with E-state index >= 15 is 0 Å². The number of benzene rings is 1. The lowest BCUT2D eigenvalue weighted by atomic mass is 10.2. The number of hydrogen-bond donors (Lipinski definition) is 1. The smallest absolute Gasteiger partial charge is 0.273 e. The molecule has 0 unspecified atom stereocenters. The quantitative estimate of drug-likeness (QED) is 0.605. The van der Waals surface area contributed by atoms with Crippen LogP contribution in [-0.2, 0) is 10.5 Å². The maximum Gasteiger partial charge on any atom is 0.273 e. The van der Waals surface area contributed by atoms with Gasteiger partial charge in [0.25, 0.3) is 5.69 Å². The number of nitro benzene ring substituents is 1. The first-order chi connectivity index (χ1) is 7.11. The zero-order valence-electron chi connectivity index (χ0n) is 7.88. The van der Waals surface area contributed by atoms with Gasteiger partial charge in [0.1, 0.15) is 0 Å². The van der Waals surface area contributed by atoms with E-state index in [1.165, 1.54) is 17.8 Å². The van der Waals surface area contributed by atoms with E-state index < -0.39 is 10.8 Å². The molecule has 0 saturated heterocycles. The first-order valence-corrected chi connectivity index (χ1v) is 5.35. The Hall–Kier alpha value is -1.56. The molecule has 0 fully saturated rings. The molecule has 1 rings (SSSR count). The van der Waals surface area contributed by atoms with Crippen molar-refractivity contribution >= 4 is 23.4 Å². The van der Waals surface area contributed by atoms with E-state index in [-0.39, 0.29) is 11.4 Å². The molecule has 0 atom stereocenters. The average Bonchev–Trinajstić information content (AvgIpc) is 2.17. The molecule has 0 saturated carbocycles. The number of hydrogen-bond acceptors (Lipinski definition) is 4. The Morgan fingerprint density at radius 3 is 2.73 bits per heavy atom. The highest BCUT2D eigenvalue weighted by molar-refractivity contribution is 7.99. The normalized spacial score (nSPS) is 9.87. The van der Waals surface area contributed by atoms with Crippen molar-refractivity contribution < 1.29 is 9.72 Å². The van der Waals surface area contributed by atoms with Gasteiger partial charge >= 0.3 is 0 Å². The largest absolute Gasteiger partial charge is 0.369 e. The molecule has 0 aromatic heterocycles. The van der Waals surface area contributed by atoms with Crippen LogP contribution in [0.2, 0.25) is 0 Å². The molecule has 15 heavy (non-hydrogen) atoms. The Balaban J connectivity index is 2.67. The minimum Gasteiger partial charge on any atom is -0.369 e. The molecule has 5 nitrogen and oxygen atoms in total. The van der Waals surface area contributed by atoms with Gasteiger partial charge < -0.3 is 5.73 Å². The molecule has 1 aromatic carbocycles. The molecule has 0 radical (unpaired) electrons. The monoisotopic (exact) mass is 226 g/mol. The molecule has 0 bridgehead atoms. The Bertz CT molecular complexity index is 381. The lowest BCUT2D eigenvalue weighted by Gasteiger charge is -2.01. The van der Waals surface area contributed by atoms with Gasteiger partial charge in [-0.15, -0.1) is 11.8 Å². The van der Waals surface area contributed by atoms with Gasteiger partial charge in [-0.3, -0.25) is 14.9 Å². The number of nitrogens with zero attached hydrogens (tertiary/aromatic N) is 1. The van der Waals surface area contributed by atoms with E-state index in [4.69, 9.17) is 5.73 Å². The van der Waals surface area contributed by atoms with Crippen LogP contribution in [0.3, 0.4) is 0 Å². The molecule has 0 aliphatic rings. The summed E-state index contributed by atoms with van der Waals surface area (Å²) in [5.41, 5.74) is 5.64. The van der Waals surface area contributed by atoms with Gasteiger partial charge in [-0.1, -0.05) is 18.2 Å². The van der Waals surface area contributed by atoms with Crippen molar-refractivity contribution in [2.75, 3.05) is 5.75 Å². The van der Waals surface area contributed by atoms with E-state index in [9.17, 15) is 14.9 Å². The second-order valence-corrected chi connectivity index (χ2v) is 3.83. The lowest BCUT2D eigenvalue weighted by Crippen LogP contribution is -2.13. The summed E-state index contributed by atoms with van der Waals surface area (Å²) >= 11 is 1.27. The van der Waals surface area contributed by atoms with Gasteiger partial charge in [0.2, 0.25) is 5.91 Å². The molecular formula is C9H10N2O3S. The third kappa shape index (κ3) is 3.59. The summed E-state index contributed by atoms with van der Waals surface area (Å²) in [6, 6.07) is 6.46. The highest BCUT2D eigenvalue weighted by Gasteiger charge is 2.11. The van der Waals surface area contributed by atoms with Gasteiger partial charge in [-0.05, 0) is 0 Å². The van der Waals surface area contributed by atoms with Gasteiger partial charge in [0, 0.05) is 17.4 Å². The number of para-hydroxylation sites is 1. The van der Waals surface area contributed by atoms with Crippen molar-refractivity contribution in [2.45, 2.75) is 5.75 Å². The van der Waals surface area contributed by atoms with Crippen LogP contribution >= 0.6 is 11.8 Å². The second-order valence-electron chi connectivity index (χ2n) is 2.84. The van der Waals surface area contributed by atoms with Crippen molar-refractivity contribution in [1.82, 2.24) is 0 Å². The minimum atomic E-state index is -0.430. The Kier molecular flexibility index (Phi) is 4.11. The van der Waals surface area contributed by atoms with Crippen LogP contribution in [-0.4, -0.2) is 16.6 Å². The molecule has 1 amide bonds. The van der Waals surface area contributed by atoms with Gasteiger partial charge in [0.05, 0.1) is 10.7 Å². The number of rotatable bonds is 5. The van der Waals surface area contributed by atoms with Crippen LogP contribution in [0.1, 0.15) is 5.56 Å². The van der Waals surface area contributed by atoms with Crippen LogP contribution in [0.25, 0.3) is 0 Å². The van der Waals surface area contributed by atoms with Gasteiger partial charge in [-0.2, -0.15) is 0 Å². The molecule has 2 N–H and O–H groups in total. The Morgan fingerprint density at radius 1 is 1.47 bits per heavy atom. The fourth-order valence-electron chi connectivity index (χ4n) is 1.07. The highest BCUT2D eigenvalue weighted by Crippen LogP contribution is 2.22. The van der Waals surface area contributed by atoms with Gasteiger partial charge in [0.15, 0.2) is 0 Å². The zero-order chi connectivity index (χ0) is 11.3. The molecule has 0 aliphatic carbocycles. The average molecular weight is 226 g/mol. The molecule has 1 aromatic rings. The van der Waals surface area contributed by atoms with E-state index in [0.29, 0.717) is 11.3 Å². The summed E-state index contributed by atoms with van der Waals surface area (Å²) in [5, 5.41) is 10.6. The Labute approximate surface area is 90.8 Å². The number of primary amides is 1. The topological polar surface area (TPSA) is 86.2 Å². The molecule has 80 valence electrons. The maximum atomic E-state index is 10.6. The second kappa shape index (κ2) is 5.35. The van der Waals surface area contributed by atoms with Crippen molar-refractivity contribution in [2.24, 2.45) is 5.73 Å². The van der Waals surface area contributed by atoms with Crippen molar-refractivity contribution in [3.05, 3.63) is 39.9 Å². The molecule has 0 aliphatic heterocycles. The summed E-state index contributed by atoms with van der Waals surface area (Å²) in [7, 11) is 0. The summed E-state index contributed by atoms with van der Waals surface area (Å²) in [4.78, 5) is 20.7. The van der Waals surface area contributed by atoms with Crippen LogP contribution in [0.15, 0.2) is 24.3 Å². The van der Waals surface area contributed by atoms with Crippen molar-refractivity contribution in [1.29, 1.82) is 0 Å². The molecule has 0 spiro atoms. The third-order valence-electron chi connectivity index (χ3n) is 1.69. The third-order valence-corrected chi connectivity index (χ3v) is 2.69. The van der Waals surface area contributed by atoms with E-state index in [2.05, 4.69) is 0 Å². The summed E-state index contributed by atoms with van der Waals surface area (Å²) < 4.78 is 0. The number of nitro groups is 1. The Morgan fingerprint density at radius 2 is 2.13 bits per heavy atom. The van der Waals surface area contributed by atoms with Crippen LogP contribution < -0.4 is 5.73 Å². The van der Waals surface area contributed by atoms with Crippen LogP contribution in [0.4, 0.5) is 5.69 Å². The van der Waals surface area contributed by atoms with Crippen LogP contribution in [0, 0.1) is 10.1 Å². The lowest BCUT2D eigenvalue weighted by molar-refractivity contribution is -0.385. The predicted molar refractivity (Wildman–Crippen MR) is 58.5 cm³/mol. The number of nitrogens with two attached hydrogens (primary N) is 1. The fourth-order valence-corrected chi connectivity index (χ4v) is 1.84. The molecule has 6 heteroatoms. The first-order valence-electron chi connectivity index (χ1n) is 4.19.